The second-order valence-electron chi connectivity index (χ2n) is 6.24. The molecule has 1 unspecified atom stereocenters. The molecule has 122 valence electrons. The molecule has 4 rings (SSSR count). The number of fused-ring (bicyclic) bond motifs is 2. The fourth-order valence-corrected chi connectivity index (χ4v) is 3.70. The smallest absolute Gasteiger partial charge is 0.407 e. The van der Waals surface area contributed by atoms with Gasteiger partial charge in [0.05, 0.1) is 0 Å². The summed E-state index contributed by atoms with van der Waals surface area (Å²) in [6.45, 7) is 2.69. The van der Waals surface area contributed by atoms with Gasteiger partial charge < -0.3 is 15.2 Å². The molecule has 1 fully saturated rings. The van der Waals surface area contributed by atoms with Crippen molar-refractivity contribution in [2.75, 3.05) is 26.2 Å². The molecule has 2 aromatic rings. The van der Waals surface area contributed by atoms with Gasteiger partial charge in [0, 0.05) is 37.4 Å². The summed E-state index contributed by atoms with van der Waals surface area (Å²) in [5.74, 6) is 0. The molecule has 1 N–H and O–H groups in total. The zero-order chi connectivity index (χ0) is 16.0. The highest BCUT2D eigenvalue weighted by Gasteiger charge is 2.29. The quantitative estimate of drug-likeness (QED) is 0.774. The first-order valence-electron chi connectivity index (χ1n) is 7.85. The standard InChI is InChI=1S/C15H18N4O4/c20-15(21)18-5-3-17(4-6-18)12-2-1-10-9-14-13(8-11(10)7-12)16-23-19(14)22/h8-9,12H,1-7H2,(H,20,21). The average molecular weight is 318 g/mol. The summed E-state index contributed by atoms with van der Waals surface area (Å²) < 4.78 is 4.65. The summed E-state index contributed by atoms with van der Waals surface area (Å²) in [6, 6.07) is 4.25. The van der Waals surface area contributed by atoms with Crippen LogP contribution in [0, 0.1) is 5.21 Å². The molecule has 2 heterocycles. The summed E-state index contributed by atoms with van der Waals surface area (Å²) >= 11 is 0. The van der Waals surface area contributed by atoms with Crippen LogP contribution < -0.4 is 4.90 Å². The van der Waals surface area contributed by atoms with Gasteiger partial charge >= 0.3 is 6.09 Å². The van der Waals surface area contributed by atoms with Crippen LogP contribution >= 0.6 is 0 Å². The first kappa shape index (κ1) is 14.3. The number of aryl methyl sites for hydroxylation is 1. The molecule has 1 aliphatic carbocycles. The van der Waals surface area contributed by atoms with Gasteiger partial charge in [-0.15, -0.1) is 0 Å². The fourth-order valence-electron chi connectivity index (χ4n) is 3.70. The highest BCUT2D eigenvalue weighted by atomic mass is 16.8. The topological polar surface area (TPSA) is 96.8 Å². The van der Waals surface area contributed by atoms with Crippen LogP contribution in [0.15, 0.2) is 16.8 Å². The van der Waals surface area contributed by atoms with E-state index >= 15 is 0 Å². The van der Waals surface area contributed by atoms with E-state index in [0.29, 0.717) is 35.1 Å². The summed E-state index contributed by atoms with van der Waals surface area (Å²) in [5.41, 5.74) is 3.47. The minimum absolute atomic E-state index is 0.419. The molecule has 0 saturated carbocycles. The Morgan fingerprint density at radius 3 is 2.83 bits per heavy atom. The SMILES string of the molecule is O=C(O)N1CCN(C2CCc3cc4c(cc3C2)no[n+]4[O-])CC1. The van der Waals surface area contributed by atoms with Crippen molar-refractivity contribution in [2.45, 2.75) is 25.3 Å². The monoisotopic (exact) mass is 318 g/mol. The van der Waals surface area contributed by atoms with E-state index in [9.17, 15) is 10.0 Å². The van der Waals surface area contributed by atoms with Crippen LogP contribution in [0.2, 0.25) is 0 Å². The number of amides is 1. The van der Waals surface area contributed by atoms with Crippen molar-refractivity contribution >= 4 is 17.1 Å². The predicted octanol–water partition coefficient (Wildman–Crippen LogP) is 0.614. The van der Waals surface area contributed by atoms with E-state index in [1.165, 1.54) is 16.0 Å². The van der Waals surface area contributed by atoms with Crippen molar-refractivity contribution < 1.29 is 19.4 Å². The normalized spacial score (nSPS) is 22.3. The number of hydrogen-bond donors (Lipinski definition) is 1. The third kappa shape index (κ3) is 2.48. The van der Waals surface area contributed by atoms with Crippen molar-refractivity contribution in [3.8, 4) is 0 Å². The Labute approximate surface area is 132 Å². The molecule has 1 amide bonds. The van der Waals surface area contributed by atoms with E-state index in [0.717, 1.165) is 32.4 Å². The molecule has 8 heteroatoms. The number of carbonyl (C=O) groups is 1. The Kier molecular flexibility index (Phi) is 3.33. The molecule has 8 nitrogen and oxygen atoms in total. The third-order valence-corrected chi connectivity index (χ3v) is 5.01. The van der Waals surface area contributed by atoms with Gasteiger partial charge in [-0.3, -0.25) is 9.53 Å². The van der Waals surface area contributed by atoms with Crippen molar-refractivity contribution in [1.29, 1.82) is 0 Å². The van der Waals surface area contributed by atoms with Gasteiger partial charge in [-0.2, -0.15) is 0 Å². The number of benzene rings is 1. The van der Waals surface area contributed by atoms with Crippen LogP contribution in [-0.4, -0.2) is 58.4 Å². The van der Waals surface area contributed by atoms with Crippen molar-refractivity contribution in [3.63, 3.8) is 0 Å². The predicted molar refractivity (Wildman–Crippen MR) is 80.0 cm³/mol. The zero-order valence-corrected chi connectivity index (χ0v) is 12.6. The second kappa shape index (κ2) is 5.38. The van der Waals surface area contributed by atoms with E-state index in [-0.39, 0.29) is 0 Å². The second-order valence-corrected chi connectivity index (χ2v) is 6.24. The molecular formula is C15H18N4O4. The largest absolute Gasteiger partial charge is 0.465 e. The number of carboxylic acid groups (broad SMARTS) is 1. The minimum Gasteiger partial charge on any atom is -0.465 e. The molecule has 0 spiro atoms. The summed E-state index contributed by atoms with van der Waals surface area (Å²) in [5, 5.41) is 24.3. The molecule has 23 heavy (non-hydrogen) atoms. The number of hydrogen-bond acceptors (Lipinski definition) is 5. The fraction of sp³-hybridized carbons (Fsp3) is 0.533. The van der Waals surface area contributed by atoms with Crippen LogP contribution in [0.5, 0.6) is 0 Å². The van der Waals surface area contributed by atoms with Crippen molar-refractivity contribution in [3.05, 3.63) is 28.5 Å². The van der Waals surface area contributed by atoms with Crippen LogP contribution in [0.4, 0.5) is 4.79 Å². The maximum Gasteiger partial charge on any atom is 0.407 e. The van der Waals surface area contributed by atoms with Gasteiger partial charge in [-0.1, -0.05) is 0 Å². The van der Waals surface area contributed by atoms with Crippen molar-refractivity contribution in [2.24, 2.45) is 0 Å². The van der Waals surface area contributed by atoms with Gasteiger partial charge in [0.15, 0.2) is 0 Å². The lowest BCUT2D eigenvalue weighted by molar-refractivity contribution is -0.782. The van der Waals surface area contributed by atoms with E-state index in [2.05, 4.69) is 14.7 Å². The number of rotatable bonds is 1. The highest BCUT2D eigenvalue weighted by Crippen LogP contribution is 2.28. The van der Waals surface area contributed by atoms with Crippen LogP contribution in [0.1, 0.15) is 17.5 Å². The van der Waals surface area contributed by atoms with Gasteiger partial charge in [-0.25, -0.2) is 4.79 Å². The minimum atomic E-state index is -0.835. The van der Waals surface area contributed by atoms with E-state index in [1.54, 1.807) is 0 Å². The van der Waals surface area contributed by atoms with Crippen LogP contribution in [0.25, 0.3) is 11.0 Å². The van der Waals surface area contributed by atoms with Crippen LogP contribution in [0.3, 0.4) is 0 Å². The molecule has 1 aromatic carbocycles. The van der Waals surface area contributed by atoms with Gasteiger partial charge in [-0.05, 0) is 47.4 Å². The highest BCUT2D eigenvalue weighted by molar-refractivity contribution is 5.73. The number of aromatic nitrogens is 2. The maximum absolute atomic E-state index is 11.5. The molecule has 2 aliphatic rings. The lowest BCUT2D eigenvalue weighted by Crippen LogP contribution is -2.52. The number of nitrogens with zero attached hydrogens (tertiary/aromatic N) is 4. The third-order valence-electron chi connectivity index (χ3n) is 5.01. The Morgan fingerprint density at radius 1 is 1.30 bits per heavy atom. The van der Waals surface area contributed by atoms with Crippen LogP contribution in [-0.2, 0) is 12.8 Å². The Bertz CT molecular complexity index is 751. The Morgan fingerprint density at radius 2 is 2.09 bits per heavy atom. The molecule has 0 bridgehead atoms. The maximum atomic E-state index is 11.5. The summed E-state index contributed by atoms with van der Waals surface area (Å²) in [7, 11) is 0. The van der Waals surface area contributed by atoms with E-state index in [1.807, 2.05) is 12.1 Å². The molecule has 1 aromatic heterocycles. The van der Waals surface area contributed by atoms with E-state index in [4.69, 9.17) is 5.11 Å². The molecule has 1 atom stereocenters. The average Bonchev–Trinajstić information content (AvgIpc) is 2.93. The van der Waals surface area contributed by atoms with E-state index < -0.39 is 6.09 Å². The number of piperazine rings is 1. The van der Waals surface area contributed by atoms with Gasteiger partial charge in [0.1, 0.15) is 0 Å². The van der Waals surface area contributed by atoms with Gasteiger partial charge in [0.25, 0.3) is 0 Å². The first-order chi connectivity index (χ1) is 11.1. The van der Waals surface area contributed by atoms with Crippen molar-refractivity contribution in [1.82, 2.24) is 15.0 Å². The lowest BCUT2D eigenvalue weighted by Gasteiger charge is -2.40. The Hall–Kier alpha value is -2.35. The molecular weight excluding hydrogens is 300 g/mol. The lowest BCUT2D eigenvalue weighted by atomic mass is 9.87. The summed E-state index contributed by atoms with van der Waals surface area (Å²) in [4.78, 5) is 15.3. The first-order valence-corrected chi connectivity index (χ1v) is 7.85. The van der Waals surface area contributed by atoms with Gasteiger partial charge in [0.2, 0.25) is 11.0 Å². The Balaban J connectivity index is 1.50. The molecule has 0 radical (unpaired) electrons. The summed E-state index contributed by atoms with van der Waals surface area (Å²) in [6.07, 6.45) is 2.01. The zero-order valence-electron chi connectivity index (χ0n) is 12.6. The molecule has 1 saturated heterocycles. The molecule has 1 aliphatic heterocycles.